The Morgan fingerprint density at radius 3 is 2.70 bits per heavy atom. The summed E-state index contributed by atoms with van der Waals surface area (Å²) in [5, 5.41) is 2.78. The van der Waals surface area contributed by atoms with Gasteiger partial charge in [0, 0.05) is 12.6 Å². The van der Waals surface area contributed by atoms with E-state index in [1.54, 1.807) is 13.0 Å². The highest BCUT2D eigenvalue weighted by molar-refractivity contribution is 5.93. The Bertz CT molecular complexity index is 842. The molecule has 1 heterocycles. The Balaban J connectivity index is 2.00. The molecule has 1 atom stereocenters. The van der Waals surface area contributed by atoms with Gasteiger partial charge in [0.15, 0.2) is 0 Å². The minimum absolute atomic E-state index is 0.171. The largest absolute Gasteiger partial charge is 0.465 e. The molecule has 2 rings (SSSR count). The first kappa shape index (κ1) is 20.4. The molecule has 0 aliphatic rings. The summed E-state index contributed by atoms with van der Waals surface area (Å²) in [7, 11) is 5.01. The van der Waals surface area contributed by atoms with Gasteiger partial charge in [-0.1, -0.05) is 12.1 Å². The molecule has 1 N–H and O–H groups in total. The zero-order valence-electron chi connectivity index (χ0n) is 15.8. The minimum atomic E-state index is -0.496. The van der Waals surface area contributed by atoms with Crippen molar-refractivity contribution < 1.29 is 23.1 Å². The van der Waals surface area contributed by atoms with Gasteiger partial charge in [0.2, 0.25) is 5.91 Å². The summed E-state index contributed by atoms with van der Waals surface area (Å²) in [6, 6.07) is 7.63. The molecular formula is C20H23FN2O4. The van der Waals surface area contributed by atoms with Crippen molar-refractivity contribution in [3.8, 4) is 0 Å². The van der Waals surface area contributed by atoms with E-state index in [-0.39, 0.29) is 17.8 Å². The number of furan rings is 1. The number of nitrogens with one attached hydrogen (secondary N) is 1. The van der Waals surface area contributed by atoms with E-state index >= 15 is 0 Å². The summed E-state index contributed by atoms with van der Waals surface area (Å²) in [5.41, 5.74) is 1.09. The average Bonchev–Trinajstić information content (AvgIpc) is 3.00. The number of rotatable bonds is 7. The molecule has 7 heteroatoms. The van der Waals surface area contributed by atoms with Gasteiger partial charge in [-0.2, -0.15) is 0 Å². The predicted octanol–water partition coefficient (Wildman–Crippen LogP) is 2.95. The highest BCUT2D eigenvalue weighted by Gasteiger charge is 2.16. The number of esters is 1. The second-order valence-corrected chi connectivity index (χ2v) is 6.22. The molecule has 2 aromatic rings. The maximum absolute atomic E-state index is 13.5. The highest BCUT2D eigenvalue weighted by atomic mass is 19.1. The number of hydrogen-bond donors (Lipinski definition) is 1. The number of aryl methyl sites for hydroxylation is 1. The van der Waals surface area contributed by atoms with Crippen molar-refractivity contribution in [1.82, 2.24) is 10.2 Å². The molecule has 1 aromatic carbocycles. The maximum Gasteiger partial charge on any atom is 0.341 e. The van der Waals surface area contributed by atoms with Crippen LogP contribution in [0.15, 0.2) is 40.8 Å². The molecule has 144 valence electrons. The van der Waals surface area contributed by atoms with E-state index in [1.165, 1.54) is 37.5 Å². The van der Waals surface area contributed by atoms with Gasteiger partial charge in [0.1, 0.15) is 22.9 Å². The van der Waals surface area contributed by atoms with Crippen molar-refractivity contribution in [1.29, 1.82) is 0 Å². The summed E-state index contributed by atoms with van der Waals surface area (Å²) in [5.74, 6) is -0.352. The summed E-state index contributed by atoms with van der Waals surface area (Å²) in [6.07, 6.45) is 2.79. The molecule has 0 radical (unpaired) electrons. The zero-order chi connectivity index (χ0) is 20.0. The van der Waals surface area contributed by atoms with Crippen molar-refractivity contribution in [2.45, 2.75) is 13.0 Å². The van der Waals surface area contributed by atoms with Gasteiger partial charge in [-0.15, -0.1) is 0 Å². The zero-order valence-corrected chi connectivity index (χ0v) is 15.8. The summed E-state index contributed by atoms with van der Waals surface area (Å²) in [6.45, 7) is 1.95. The molecule has 0 bridgehead atoms. The molecule has 1 amide bonds. The molecule has 27 heavy (non-hydrogen) atoms. The molecular weight excluding hydrogens is 351 g/mol. The van der Waals surface area contributed by atoms with Crippen LogP contribution in [0.4, 0.5) is 4.39 Å². The molecule has 0 saturated heterocycles. The van der Waals surface area contributed by atoms with E-state index in [2.05, 4.69) is 10.1 Å². The van der Waals surface area contributed by atoms with E-state index in [0.29, 0.717) is 23.6 Å². The monoisotopic (exact) mass is 374 g/mol. The van der Waals surface area contributed by atoms with Crippen LogP contribution in [-0.4, -0.2) is 44.5 Å². The third kappa shape index (κ3) is 5.52. The van der Waals surface area contributed by atoms with Gasteiger partial charge in [-0.25, -0.2) is 9.18 Å². The van der Waals surface area contributed by atoms with Gasteiger partial charge in [0.25, 0.3) is 0 Å². The van der Waals surface area contributed by atoms with Crippen LogP contribution in [0, 0.1) is 12.7 Å². The fourth-order valence-corrected chi connectivity index (χ4v) is 2.63. The third-order valence-electron chi connectivity index (χ3n) is 4.07. The number of amides is 1. The Morgan fingerprint density at radius 1 is 1.33 bits per heavy atom. The second kappa shape index (κ2) is 9.14. The molecule has 1 aromatic heterocycles. The van der Waals surface area contributed by atoms with E-state index in [0.717, 1.165) is 5.56 Å². The molecule has 1 unspecified atom stereocenters. The van der Waals surface area contributed by atoms with Crippen LogP contribution in [-0.2, 0) is 9.53 Å². The van der Waals surface area contributed by atoms with Crippen molar-refractivity contribution in [3.05, 3.63) is 64.9 Å². The van der Waals surface area contributed by atoms with Crippen molar-refractivity contribution >= 4 is 18.0 Å². The lowest BCUT2D eigenvalue weighted by atomic mass is 10.1. The predicted molar refractivity (Wildman–Crippen MR) is 99.7 cm³/mol. The molecule has 0 spiro atoms. The van der Waals surface area contributed by atoms with Crippen LogP contribution in [0.5, 0.6) is 0 Å². The van der Waals surface area contributed by atoms with Gasteiger partial charge in [-0.05, 0) is 50.9 Å². The first-order valence-corrected chi connectivity index (χ1v) is 8.38. The number of hydrogen-bond acceptors (Lipinski definition) is 5. The number of carbonyl (C=O) groups excluding carboxylic acids is 2. The smallest absolute Gasteiger partial charge is 0.341 e. The van der Waals surface area contributed by atoms with Gasteiger partial charge >= 0.3 is 5.97 Å². The van der Waals surface area contributed by atoms with Crippen molar-refractivity contribution in [3.63, 3.8) is 0 Å². The number of ether oxygens (including phenoxy) is 1. The van der Waals surface area contributed by atoms with Gasteiger partial charge in [-0.3, -0.25) is 4.79 Å². The molecule has 0 saturated carbocycles. The van der Waals surface area contributed by atoms with E-state index in [4.69, 9.17) is 4.42 Å². The van der Waals surface area contributed by atoms with E-state index < -0.39 is 5.97 Å². The van der Waals surface area contributed by atoms with Crippen LogP contribution >= 0.6 is 0 Å². The number of likely N-dealkylation sites (N-methyl/N-ethyl adjacent to an activating group) is 1. The minimum Gasteiger partial charge on any atom is -0.465 e. The molecule has 0 aliphatic carbocycles. The topological polar surface area (TPSA) is 71.8 Å². The Kier molecular flexibility index (Phi) is 6.90. The Morgan fingerprint density at radius 2 is 2.07 bits per heavy atom. The van der Waals surface area contributed by atoms with Crippen LogP contribution < -0.4 is 5.32 Å². The first-order valence-electron chi connectivity index (χ1n) is 8.38. The molecule has 0 fully saturated rings. The quantitative estimate of drug-likeness (QED) is 0.596. The normalized spacial score (nSPS) is 12.4. The van der Waals surface area contributed by atoms with Crippen LogP contribution in [0.25, 0.3) is 6.08 Å². The molecule has 0 aliphatic heterocycles. The lowest BCUT2D eigenvalue weighted by Crippen LogP contribution is -2.33. The van der Waals surface area contributed by atoms with Crippen LogP contribution in [0.2, 0.25) is 0 Å². The Hall–Kier alpha value is -2.93. The summed E-state index contributed by atoms with van der Waals surface area (Å²) < 4.78 is 23.5. The van der Waals surface area contributed by atoms with E-state index in [1.807, 2.05) is 25.1 Å². The maximum atomic E-state index is 13.5. The number of benzene rings is 1. The summed E-state index contributed by atoms with van der Waals surface area (Å²) in [4.78, 5) is 25.6. The number of carbonyl (C=O) groups is 2. The average molecular weight is 374 g/mol. The van der Waals surface area contributed by atoms with Gasteiger partial charge < -0.3 is 19.4 Å². The fraction of sp³-hybridized carbons (Fsp3) is 0.300. The molecule has 6 nitrogen and oxygen atoms in total. The summed E-state index contributed by atoms with van der Waals surface area (Å²) >= 11 is 0. The lowest BCUT2D eigenvalue weighted by molar-refractivity contribution is -0.116. The lowest BCUT2D eigenvalue weighted by Gasteiger charge is -2.24. The van der Waals surface area contributed by atoms with Crippen LogP contribution in [0.1, 0.15) is 33.5 Å². The number of methoxy groups -OCH3 is 1. The second-order valence-electron chi connectivity index (χ2n) is 6.22. The number of nitrogens with zero attached hydrogens (tertiary/aromatic N) is 1. The standard InChI is InChI=1S/C20H23FN2O4/c1-13-17(20(25)26-4)11-16(27-13)8-9-19(24)22-12-18(23(2)3)14-6-5-7-15(21)10-14/h5-11,18H,12H2,1-4H3,(H,22,24)/b9-8+. The SMILES string of the molecule is COC(=O)c1cc(/C=C/C(=O)NCC(c2cccc(F)c2)N(C)C)oc1C. The highest BCUT2D eigenvalue weighted by Crippen LogP contribution is 2.19. The van der Waals surface area contributed by atoms with E-state index in [9.17, 15) is 14.0 Å². The fourth-order valence-electron chi connectivity index (χ4n) is 2.63. The van der Waals surface area contributed by atoms with Crippen LogP contribution in [0.3, 0.4) is 0 Å². The number of halogens is 1. The van der Waals surface area contributed by atoms with Crippen molar-refractivity contribution in [2.75, 3.05) is 27.7 Å². The van der Waals surface area contributed by atoms with Crippen molar-refractivity contribution in [2.24, 2.45) is 0 Å². The Labute approximate surface area is 157 Å². The third-order valence-corrected chi connectivity index (χ3v) is 4.07. The van der Waals surface area contributed by atoms with Gasteiger partial charge in [0.05, 0.1) is 13.2 Å². The first-order chi connectivity index (χ1) is 12.8.